The normalized spacial score (nSPS) is 21.4. The summed E-state index contributed by atoms with van der Waals surface area (Å²) in [6, 6.07) is 3.94. The molecule has 17 heavy (non-hydrogen) atoms. The predicted octanol–water partition coefficient (Wildman–Crippen LogP) is 2.51. The minimum Gasteiger partial charge on any atom is -0.481 e. The van der Waals surface area contributed by atoms with Crippen LogP contribution >= 0.6 is 11.3 Å². The van der Waals surface area contributed by atoms with Crippen molar-refractivity contribution >= 4 is 17.3 Å². The second-order valence-corrected chi connectivity index (χ2v) is 6.71. The van der Waals surface area contributed by atoms with E-state index in [0.29, 0.717) is 5.41 Å². The zero-order chi connectivity index (χ0) is 12.5. The van der Waals surface area contributed by atoms with E-state index < -0.39 is 5.97 Å². The third-order valence-electron chi connectivity index (χ3n) is 3.45. The van der Waals surface area contributed by atoms with Crippen LogP contribution in [0.3, 0.4) is 0 Å². The number of thiophene rings is 1. The van der Waals surface area contributed by atoms with Crippen LogP contribution in [0.1, 0.15) is 30.0 Å². The number of rotatable bonds is 6. The summed E-state index contributed by atoms with van der Waals surface area (Å²) in [4.78, 5) is 12.7. The zero-order valence-corrected chi connectivity index (χ0v) is 11.1. The van der Waals surface area contributed by atoms with Gasteiger partial charge in [0.15, 0.2) is 0 Å². The fourth-order valence-electron chi connectivity index (χ4n) is 2.06. The van der Waals surface area contributed by atoms with E-state index >= 15 is 0 Å². The van der Waals surface area contributed by atoms with Crippen LogP contribution in [0.4, 0.5) is 0 Å². The Kier molecular flexibility index (Phi) is 3.54. The van der Waals surface area contributed by atoms with Crippen molar-refractivity contribution in [1.82, 2.24) is 5.32 Å². The Labute approximate surface area is 106 Å². The van der Waals surface area contributed by atoms with Gasteiger partial charge < -0.3 is 10.4 Å². The molecule has 1 aliphatic carbocycles. The van der Waals surface area contributed by atoms with E-state index in [4.69, 9.17) is 5.11 Å². The largest absolute Gasteiger partial charge is 0.481 e. The van der Waals surface area contributed by atoms with Crippen LogP contribution in [-0.2, 0) is 17.8 Å². The van der Waals surface area contributed by atoms with Gasteiger partial charge in [0, 0.05) is 16.3 Å². The third kappa shape index (κ3) is 3.54. The van der Waals surface area contributed by atoms with Gasteiger partial charge in [-0.2, -0.15) is 0 Å². The number of carbonyl (C=O) groups is 1. The molecule has 1 atom stereocenters. The van der Waals surface area contributed by atoms with E-state index in [0.717, 1.165) is 23.9 Å². The first-order chi connectivity index (χ1) is 7.97. The summed E-state index contributed by atoms with van der Waals surface area (Å²) in [6.07, 6.45) is 1.45. The molecule has 1 aliphatic rings. The van der Waals surface area contributed by atoms with Gasteiger partial charge in [-0.15, -0.1) is 11.3 Å². The highest BCUT2D eigenvalue weighted by Crippen LogP contribution is 2.50. The first-order valence-electron chi connectivity index (χ1n) is 5.97. The lowest BCUT2D eigenvalue weighted by molar-refractivity contribution is -0.136. The molecule has 1 saturated carbocycles. The molecule has 0 spiro atoms. The summed E-state index contributed by atoms with van der Waals surface area (Å²) >= 11 is 1.59. The van der Waals surface area contributed by atoms with Crippen LogP contribution in [0.5, 0.6) is 0 Å². The highest BCUT2D eigenvalue weighted by molar-refractivity contribution is 7.12. The molecule has 4 heteroatoms. The Morgan fingerprint density at radius 1 is 1.53 bits per heavy atom. The molecule has 0 aromatic carbocycles. The van der Waals surface area contributed by atoms with Crippen LogP contribution in [0, 0.1) is 11.3 Å². The van der Waals surface area contributed by atoms with Gasteiger partial charge >= 0.3 is 5.97 Å². The number of carboxylic acid groups (broad SMARTS) is 1. The minimum absolute atomic E-state index is 0.139. The molecule has 1 fully saturated rings. The van der Waals surface area contributed by atoms with E-state index in [-0.39, 0.29) is 6.42 Å². The molecule has 2 N–H and O–H groups in total. The van der Waals surface area contributed by atoms with Crippen molar-refractivity contribution in [1.29, 1.82) is 0 Å². The summed E-state index contributed by atoms with van der Waals surface area (Å²) in [5.74, 6) is 0.0482. The average Bonchev–Trinajstić information content (AvgIpc) is 2.63. The number of hydrogen-bond acceptors (Lipinski definition) is 3. The highest BCUT2D eigenvalue weighted by Gasteiger charge is 2.44. The SMILES string of the molecule is CC1(C)CC1CNCc1ccc(CC(=O)O)s1. The molecular weight excluding hydrogens is 234 g/mol. The van der Waals surface area contributed by atoms with Crippen LogP contribution in [0.2, 0.25) is 0 Å². The van der Waals surface area contributed by atoms with Crippen molar-refractivity contribution in [3.8, 4) is 0 Å². The van der Waals surface area contributed by atoms with E-state index in [9.17, 15) is 4.79 Å². The fraction of sp³-hybridized carbons (Fsp3) is 0.615. The molecule has 0 radical (unpaired) electrons. The maximum atomic E-state index is 10.6. The first kappa shape index (κ1) is 12.6. The van der Waals surface area contributed by atoms with Crippen molar-refractivity contribution < 1.29 is 9.90 Å². The lowest BCUT2D eigenvalue weighted by Crippen LogP contribution is -2.17. The summed E-state index contributed by atoms with van der Waals surface area (Å²) in [5.41, 5.74) is 0.525. The standard InChI is InChI=1S/C13H19NO2S/c1-13(2)6-9(13)7-14-8-11-4-3-10(17-11)5-12(15)16/h3-4,9,14H,5-8H2,1-2H3,(H,15,16). The highest BCUT2D eigenvalue weighted by atomic mass is 32.1. The maximum Gasteiger partial charge on any atom is 0.308 e. The van der Waals surface area contributed by atoms with Crippen LogP contribution in [-0.4, -0.2) is 17.6 Å². The molecule has 1 aromatic heterocycles. The van der Waals surface area contributed by atoms with Gasteiger partial charge in [-0.1, -0.05) is 13.8 Å². The number of hydrogen-bond donors (Lipinski definition) is 2. The van der Waals surface area contributed by atoms with Crippen molar-refractivity contribution in [2.24, 2.45) is 11.3 Å². The molecule has 0 saturated heterocycles. The molecule has 1 heterocycles. The molecule has 0 amide bonds. The molecular formula is C13H19NO2S. The third-order valence-corrected chi connectivity index (χ3v) is 4.54. The summed E-state index contributed by atoms with van der Waals surface area (Å²) in [7, 11) is 0. The molecule has 3 nitrogen and oxygen atoms in total. The Balaban J connectivity index is 1.72. The Morgan fingerprint density at radius 3 is 2.76 bits per heavy atom. The molecule has 0 aliphatic heterocycles. The summed E-state index contributed by atoms with van der Waals surface area (Å²) < 4.78 is 0. The van der Waals surface area contributed by atoms with Gasteiger partial charge in [-0.05, 0) is 36.4 Å². The molecule has 2 rings (SSSR count). The molecule has 94 valence electrons. The van der Waals surface area contributed by atoms with Gasteiger partial charge in [0.1, 0.15) is 0 Å². The van der Waals surface area contributed by atoms with Crippen molar-refractivity contribution in [2.75, 3.05) is 6.54 Å². The zero-order valence-electron chi connectivity index (χ0n) is 10.3. The van der Waals surface area contributed by atoms with Gasteiger partial charge in [0.25, 0.3) is 0 Å². The van der Waals surface area contributed by atoms with Gasteiger partial charge in [-0.3, -0.25) is 4.79 Å². The van der Waals surface area contributed by atoms with Crippen LogP contribution < -0.4 is 5.32 Å². The summed E-state index contributed by atoms with van der Waals surface area (Å²) in [6.45, 7) is 6.53. The minimum atomic E-state index is -0.758. The van der Waals surface area contributed by atoms with E-state index in [1.165, 1.54) is 11.3 Å². The Bertz CT molecular complexity index is 411. The lowest BCUT2D eigenvalue weighted by atomic mass is 10.1. The van der Waals surface area contributed by atoms with E-state index in [2.05, 4.69) is 19.2 Å². The quantitative estimate of drug-likeness (QED) is 0.819. The van der Waals surface area contributed by atoms with Crippen LogP contribution in [0.15, 0.2) is 12.1 Å². The van der Waals surface area contributed by atoms with E-state index in [1.54, 1.807) is 11.3 Å². The first-order valence-corrected chi connectivity index (χ1v) is 6.79. The predicted molar refractivity (Wildman–Crippen MR) is 69.3 cm³/mol. The lowest BCUT2D eigenvalue weighted by Gasteiger charge is -2.04. The van der Waals surface area contributed by atoms with E-state index in [1.807, 2.05) is 12.1 Å². The molecule has 1 unspecified atom stereocenters. The van der Waals surface area contributed by atoms with Crippen molar-refractivity contribution in [3.05, 3.63) is 21.9 Å². The van der Waals surface area contributed by atoms with Crippen LogP contribution in [0.25, 0.3) is 0 Å². The Hall–Kier alpha value is -0.870. The van der Waals surface area contributed by atoms with Crippen molar-refractivity contribution in [2.45, 2.75) is 33.2 Å². The van der Waals surface area contributed by atoms with Gasteiger partial charge in [-0.25, -0.2) is 0 Å². The molecule has 1 aromatic rings. The smallest absolute Gasteiger partial charge is 0.308 e. The number of nitrogens with one attached hydrogen (secondary N) is 1. The van der Waals surface area contributed by atoms with Gasteiger partial charge in [0.05, 0.1) is 6.42 Å². The average molecular weight is 253 g/mol. The number of carboxylic acids is 1. The van der Waals surface area contributed by atoms with Crippen molar-refractivity contribution in [3.63, 3.8) is 0 Å². The second kappa shape index (κ2) is 4.78. The summed E-state index contributed by atoms with van der Waals surface area (Å²) in [5, 5.41) is 12.1. The topological polar surface area (TPSA) is 49.3 Å². The molecule has 0 bridgehead atoms. The number of aliphatic carboxylic acids is 1. The maximum absolute atomic E-state index is 10.6. The fourth-order valence-corrected chi connectivity index (χ4v) is 3.03. The Morgan fingerprint density at radius 2 is 2.18 bits per heavy atom. The van der Waals surface area contributed by atoms with Gasteiger partial charge in [0.2, 0.25) is 0 Å². The second-order valence-electron chi connectivity index (χ2n) is 5.46. The monoisotopic (exact) mass is 253 g/mol.